The van der Waals surface area contributed by atoms with Crippen LogP contribution in [0, 0.1) is 24.3 Å². The number of rotatable bonds is 7. The van der Waals surface area contributed by atoms with E-state index in [0.717, 1.165) is 14.7 Å². The molecule has 1 N–H and O–H groups in total. The molecule has 8 heteroatoms. The Bertz CT molecular complexity index is 1200. The topological polar surface area (TPSA) is 66.5 Å². The van der Waals surface area contributed by atoms with Crippen LogP contribution in [0.2, 0.25) is 5.02 Å². The van der Waals surface area contributed by atoms with Crippen molar-refractivity contribution in [3.63, 3.8) is 0 Å². The molecule has 0 unspecified atom stereocenters. The summed E-state index contributed by atoms with van der Waals surface area (Å²) in [7, 11) is -3.94. The van der Waals surface area contributed by atoms with E-state index in [1.54, 1.807) is 50.2 Å². The van der Waals surface area contributed by atoms with Crippen molar-refractivity contribution < 1.29 is 13.2 Å². The monoisotopic (exact) mass is 582 g/mol. The van der Waals surface area contributed by atoms with E-state index in [-0.39, 0.29) is 18.0 Å². The highest BCUT2D eigenvalue weighted by atomic mass is 127. The summed E-state index contributed by atoms with van der Waals surface area (Å²) in [5, 5.41) is 3.35. The minimum atomic E-state index is -3.94. The second-order valence-corrected chi connectivity index (χ2v) is 11.2. The third-order valence-electron chi connectivity index (χ3n) is 4.92. The van der Waals surface area contributed by atoms with Crippen LogP contribution in [0.4, 0.5) is 5.69 Å². The van der Waals surface area contributed by atoms with Gasteiger partial charge in [0.2, 0.25) is 15.9 Å². The lowest BCUT2D eigenvalue weighted by molar-refractivity contribution is -0.116. The number of carbonyl (C=O) groups excluding carboxylic acids is 1. The second kappa shape index (κ2) is 10.3. The zero-order valence-corrected chi connectivity index (χ0v) is 21.8. The predicted molar refractivity (Wildman–Crippen MR) is 137 cm³/mol. The summed E-state index contributed by atoms with van der Waals surface area (Å²) < 4.78 is 29.7. The van der Waals surface area contributed by atoms with Crippen LogP contribution in [0.15, 0.2) is 65.6 Å². The van der Waals surface area contributed by atoms with Crippen LogP contribution in [0.5, 0.6) is 0 Å². The molecule has 5 nitrogen and oxygen atoms in total. The molecular weight excluding hydrogens is 559 g/mol. The van der Waals surface area contributed by atoms with Gasteiger partial charge in [0.15, 0.2) is 0 Å². The van der Waals surface area contributed by atoms with Crippen molar-refractivity contribution in [3.8, 4) is 0 Å². The molecule has 168 valence electrons. The number of aryl methyl sites for hydroxylation is 3. The van der Waals surface area contributed by atoms with Crippen molar-refractivity contribution in [2.24, 2.45) is 0 Å². The Balaban J connectivity index is 1.95. The Morgan fingerprint density at radius 3 is 2.09 bits per heavy atom. The van der Waals surface area contributed by atoms with Crippen LogP contribution in [-0.4, -0.2) is 25.2 Å². The van der Waals surface area contributed by atoms with E-state index in [1.165, 1.54) is 4.31 Å². The van der Waals surface area contributed by atoms with Gasteiger partial charge < -0.3 is 5.32 Å². The van der Waals surface area contributed by atoms with Crippen molar-refractivity contribution in [3.05, 3.63) is 91.5 Å². The molecule has 0 heterocycles. The highest BCUT2D eigenvalue weighted by Gasteiger charge is 2.30. The molecule has 0 aliphatic rings. The molecule has 0 fully saturated rings. The first kappa shape index (κ1) is 24.7. The molecule has 3 aromatic rings. The van der Waals surface area contributed by atoms with E-state index in [0.29, 0.717) is 21.8 Å². The molecule has 32 heavy (non-hydrogen) atoms. The Kier molecular flexibility index (Phi) is 7.97. The van der Waals surface area contributed by atoms with Crippen LogP contribution >= 0.6 is 34.2 Å². The molecule has 0 bridgehead atoms. The first-order chi connectivity index (χ1) is 15.1. The number of anilines is 1. The van der Waals surface area contributed by atoms with E-state index >= 15 is 0 Å². The van der Waals surface area contributed by atoms with E-state index < -0.39 is 15.9 Å². The number of halogens is 2. The largest absolute Gasteiger partial charge is 0.325 e. The maximum Gasteiger partial charge on any atom is 0.244 e. The van der Waals surface area contributed by atoms with E-state index in [2.05, 4.69) is 27.9 Å². The van der Waals surface area contributed by atoms with Gasteiger partial charge >= 0.3 is 0 Å². The number of sulfonamides is 1. The number of nitrogens with zero attached hydrogens (tertiary/aromatic N) is 1. The molecule has 0 aromatic heterocycles. The number of nitrogens with one attached hydrogen (secondary N) is 1. The summed E-state index contributed by atoms with van der Waals surface area (Å²) in [6, 6.07) is 17.9. The fourth-order valence-electron chi connectivity index (χ4n) is 3.62. The zero-order chi connectivity index (χ0) is 23.5. The lowest BCUT2D eigenvalue weighted by atomic mass is 10.1. The third kappa shape index (κ3) is 6.10. The van der Waals surface area contributed by atoms with Crippen molar-refractivity contribution in [2.75, 3.05) is 11.9 Å². The fourth-order valence-corrected chi connectivity index (χ4v) is 5.90. The van der Waals surface area contributed by atoms with Crippen LogP contribution in [0.3, 0.4) is 0 Å². The smallest absolute Gasteiger partial charge is 0.244 e. The average molecular weight is 583 g/mol. The molecule has 0 aliphatic carbocycles. The van der Waals surface area contributed by atoms with Gasteiger partial charge in [0.05, 0.1) is 11.4 Å². The fraction of sp³-hybridized carbons (Fsp3) is 0.208. The molecule has 0 radical (unpaired) electrons. The quantitative estimate of drug-likeness (QED) is 0.364. The average Bonchev–Trinajstić information content (AvgIpc) is 2.70. The number of benzene rings is 3. The van der Waals surface area contributed by atoms with Crippen molar-refractivity contribution in [1.29, 1.82) is 0 Å². The zero-order valence-electron chi connectivity index (χ0n) is 18.0. The van der Waals surface area contributed by atoms with Crippen LogP contribution in [0.1, 0.15) is 22.3 Å². The van der Waals surface area contributed by atoms with Gasteiger partial charge in [0.25, 0.3) is 0 Å². The molecule has 1 amide bonds. The Morgan fingerprint density at radius 1 is 0.969 bits per heavy atom. The summed E-state index contributed by atoms with van der Waals surface area (Å²) in [6.07, 6.45) is 0. The number of hydrogen-bond donors (Lipinski definition) is 1. The van der Waals surface area contributed by atoms with Gasteiger partial charge in [-0.3, -0.25) is 4.79 Å². The summed E-state index contributed by atoms with van der Waals surface area (Å²) >= 11 is 8.16. The normalized spacial score (nSPS) is 11.6. The van der Waals surface area contributed by atoms with E-state index in [9.17, 15) is 13.2 Å². The van der Waals surface area contributed by atoms with Crippen LogP contribution < -0.4 is 5.32 Å². The number of carbonyl (C=O) groups is 1. The van der Waals surface area contributed by atoms with Gasteiger partial charge in [-0.15, -0.1) is 0 Å². The standard InChI is InChI=1S/C24H24ClIN2O3S/c1-16-12-17(2)24(18(3)13-16)32(30,31)28(14-19-4-6-20(25)7-5-19)15-23(29)27-22-10-8-21(26)9-11-22/h4-13H,14-15H2,1-3H3,(H,27,29). The molecule has 0 saturated heterocycles. The SMILES string of the molecule is Cc1cc(C)c(S(=O)(=O)N(CC(=O)Nc2ccc(I)cc2)Cc2ccc(Cl)cc2)c(C)c1. The van der Waals surface area contributed by atoms with E-state index in [1.807, 2.05) is 31.2 Å². The maximum atomic E-state index is 13.7. The van der Waals surface area contributed by atoms with Crippen molar-refractivity contribution in [1.82, 2.24) is 4.31 Å². The molecular formula is C24H24ClIN2O3S. The third-order valence-corrected chi connectivity index (χ3v) is 7.99. The maximum absolute atomic E-state index is 13.7. The predicted octanol–water partition coefficient (Wildman–Crippen LogP) is 5.70. The summed E-state index contributed by atoms with van der Waals surface area (Å²) in [5.74, 6) is -0.411. The van der Waals surface area contributed by atoms with Gasteiger partial charge in [-0.2, -0.15) is 4.31 Å². The highest BCUT2D eigenvalue weighted by Crippen LogP contribution is 2.27. The number of amides is 1. The van der Waals surface area contributed by atoms with Gasteiger partial charge in [0.1, 0.15) is 0 Å². The Morgan fingerprint density at radius 2 is 1.53 bits per heavy atom. The minimum absolute atomic E-state index is 0.0480. The van der Waals surface area contributed by atoms with Crippen molar-refractivity contribution >= 4 is 55.8 Å². The van der Waals surface area contributed by atoms with Gasteiger partial charge in [-0.05, 0) is 96.5 Å². The van der Waals surface area contributed by atoms with Crippen LogP contribution in [-0.2, 0) is 21.4 Å². The molecule has 3 rings (SSSR count). The second-order valence-electron chi connectivity index (χ2n) is 7.68. The van der Waals surface area contributed by atoms with E-state index in [4.69, 9.17) is 11.6 Å². The summed E-state index contributed by atoms with van der Waals surface area (Å²) in [4.78, 5) is 13.0. The highest BCUT2D eigenvalue weighted by molar-refractivity contribution is 14.1. The Hall–Kier alpha value is -1.94. The first-order valence-electron chi connectivity index (χ1n) is 9.94. The van der Waals surface area contributed by atoms with Gasteiger partial charge in [-0.25, -0.2) is 8.42 Å². The van der Waals surface area contributed by atoms with Crippen molar-refractivity contribution in [2.45, 2.75) is 32.2 Å². The lowest BCUT2D eigenvalue weighted by Crippen LogP contribution is -2.38. The van der Waals surface area contributed by atoms with Gasteiger partial charge in [-0.1, -0.05) is 41.4 Å². The summed E-state index contributed by atoms with van der Waals surface area (Å²) in [5.41, 5.74) is 3.65. The molecule has 0 saturated carbocycles. The van der Waals surface area contributed by atoms with Crippen LogP contribution in [0.25, 0.3) is 0 Å². The molecule has 0 spiro atoms. The minimum Gasteiger partial charge on any atom is -0.325 e. The number of hydrogen-bond acceptors (Lipinski definition) is 3. The molecule has 0 aliphatic heterocycles. The first-order valence-corrected chi connectivity index (χ1v) is 12.8. The molecule has 0 atom stereocenters. The Labute approximate surface area is 208 Å². The molecule has 3 aromatic carbocycles. The summed E-state index contributed by atoms with van der Waals surface area (Å²) in [6.45, 7) is 5.21. The van der Waals surface area contributed by atoms with Gasteiger partial charge in [0, 0.05) is 20.8 Å². The lowest BCUT2D eigenvalue weighted by Gasteiger charge is -2.24.